The van der Waals surface area contributed by atoms with Crippen LogP contribution in [0.2, 0.25) is 0 Å². The number of aliphatic carboxylic acids is 1. The topological polar surface area (TPSA) is 52.9 Å². The normalized spacial score (nSPS) is 15.8. The Balaban J connectivity index is 1.96. The summed E-state index contributed by atoms with van der Waals surface area (Å²) in [7, 11) is 0. The lowest BCUT2D eigenvalue weighted by Gasteiger charge is -2.38. The van der Waals surface area contributed by atoms with Crippen molar-refractivity contribution < 1.29 is 9.90 Å². The molecule has 4 rings (SSSR count). The van der Waals surface area contributed by atoms with E-state index in [4.69, 9.17) is 4.99 Å². The van der Waals surface area contributed by atoms with E-state index in [1.54, 1.807) is 0 Å². The lowest BCUT2D eigenvalue weighted by molar-refractivity contribution is -0.137. The third-order valence-electron chi connectivity index (χ3n) is 4.55. The molecule has 3 aromatic carbocycles. The second-order valence-corrected chi connectivity index (χ2v) is 7.26. The Hall–Kier alpha value is -2.92. The molecule has 1 heterocycles. The van der Waals surface area contributed by atoms with Gasteiger partial charge in [-0.1, -0.05) is 76.6 Å². The van der Waals surface area contributed by atoms with Crippen LogP contribution < -0.4 is 0 Å². The number of aliphatic imine (C=N–C) groups is 1. The molecule has 0 aromatic heterocycles. The van der Waals surface area contributed by atoms with Gasteiger partial charge in [-0.15, -0.1) is 0 Å². The fraction of sp³-hybridized carbons (Fsp3) is 0.0909. The van der Waals surface area contributed by atoms with Gasteiger partial charge in [-0.2, -0.15) is 0 Å². The molecule has 1 aliphatic rings. The summed E-state index contributed by atoms with van der Waals surface area (Å²) in [6, 6.07) is 25.4. The van der Waals surface area contributed by atoms with Crippen LogP contribution in [0.3, 0.4) is 0 Å². The molecule has 0 saturated carbocycles. The summed E-state index contributed by atoms with van der Waals surface area (Å²) in [5.74, 6) is -0.223. The maximum atomic E-state index is 11.7. The number of fused-ring (bicyclic) bond motifs is 1. The Labute approximate surface area is 165 Å². The van der Waals surface area contributed by atoms with Gasteiger partial charge in [0.2, 0.25) is 0 Å². The number of carboxylic acids is 1. The van der Waals surface area contributed by atoms with Gasteiger partial charge >= 0.3 is 5.97 Å². The highest BCUT2D eigenvalue weighted by Crippen LogP contribution is 2.41. The zero-order valence-corrected chi connectivity index (χ0v) is 16.0. The fourth-order valence-corrected chi connectivity index (χ4v) is 3.82. The van der Waals surface area contributed by atoms with Gasteiger partial charge in [0, 0.05) is 15.6 Å². The van der Waals surface area contributed by atoms with E-state index in [-0.39, 0.29) is 12.6 Å². The van der Waals surface area contributed by atoms with Crippen molar-refractivity contribution in [2.45, 2.75) is 6.04 Å². The summed E-state index contributed by atoms with van der Waals surface area (Å²) in [5, 5.41) is 9.59. The van der Waals surface area contributed by atoms with Crippen LogP contribution in [-0.2, 0) is 4.79 Å². The molecule has 0 amide bonds. The predicted molar refractivity (Wildman–Crippen MR) is 109 cm³/mol. The third-order valence-corrected chi connectivity index (χ3v) is 5.04. The minimum Gasteiger partial charge on any atom is -0.480 e. The number of hydrogen-bond acceptors (Lipinski definition) is 3. The number of hydrogen-bond donors (Lipinski definition) is 1. The van der Waals surface area contributed by atoms with Crippen molar-refractivity contribution in [1.29, 1.82) is 0 Å². The third kappa shape index (κ3) is 3.51. The first kappa shape index (κ1) is 17.5. The SMILES string of the molecule is O=C(O)CN1C(c2ccccc2)=Nc2ccc(Br)cc2[C@@H]1c1ccccc1. The molecule has 1 N–H and O–H groups in total. The van der Waals surface area contributed by atoms with Crippen molar-refractivity contribution in [1.82, 2.24) is 4.90 Å². The highest BCUT2D eigenvalue weighted by molar-refractivity contribution is 9.10. The Bertz CT molecular complexity index is 1000. The average Bonchev–Trinajstić information content (AvgIpc) is 2.68. The van der Waals surface area contributed by atoms with Crippen molar-refractivity contribution in [3.63, 3.8) is 0 Å². The van der Waals surface area contributed by atoms with Gasteiger partial charge in [-0.05, 0) is 23.8 Å². The molecule has 0 radical (unpaired) electrons. The largest absolute Gasteiger partial charge is 0.480 e. The Kier molecular flexibility index (Phi) is 4.77. The molecule has 0 aliphatic carbocycles. The zero-order valence-electron chi connectivity index (χ0n) is 14.4. The summed E-state index contributed by atoms with van der Waals surface area (Å²) in [6.07, 6.45) is 0. The molecule has 0 unspecified atom stereocenters. The first-order valence-corrected chi connectivity index (χ1v) is 9.40. The fourth-order valence-electron chi connectivity index (χ4n) is 3.44. The van der Waals surface area contributed by atoms with Crippen LogP contribution in [0.1, 0.15) is 22.7 Å². The van der Waals surface area contributed by atoms with Crippen molar-refractivity contribution >= 4 is 33.4 Å². The standard InChI is InChI=1S/C22H17BrN2O2/c23-17-11-12-19-18(13-17)21(15-7-3-1-4-8-15)25(14-20(26)27)22(24-19)16-9-5-2-6-10-16/h1-13,21H,14H2,(H,26,27)/t21-/m0/s1. The molecular formula is C22H17BrN2O2. The van der Waals surface area contributed by atoms with E-state index in [2.05, 4.69) is 15.9 Å². The Morgan fingerprint density at radius 3 is 2.33 bits per heavy atom. The molecule has 0 fully saturated rings. The molecule has 1 aliphatic heterocycles. The number of rotatable bonds is 4. The molecule has 134 valence electrons. The molecular weight excluding hydrogens is 404 g/mol. The summed E-state index contributed by atoms with van der Waals surface area (Å²) in [4.78, 5) is 18.4. The van der Waals surface area contributed by atoms with E-state index in [1.807, 2.05) is 83.8 Å². The quantitative estimate of drug-likeness (QED) is 0.644. The minimum absolute atomic E-state index is 0.140. The molecule has 27 heavy (non-hydrogen) atoms. The maximum Gasteiger partial charge on any atom is 0.323 e. The van der Waals surface area contributed by atoms with Crippen molar-refractivity contribution in [3.05, 3.63) is 100 Å². The lowest BCUT2D eigenvalue weighted by atomic mass is 9.93. The summed E-state index contributed by atoms with van der Waals surface area (Å²) in [6.45, 7) is -0.140. The number of halogens is 1. The minimum atomic E-state index is -0.891. The Morgan fingerprint density at radius 2 is 1.67 bits per heavy atom. The van der Waals surface area contributed by atoms with E-state index < -0.39 is 5.97 Å². The first-order chi connectivity index (χ1) is 13.1. The summed E-state index contributed by atoms with van der Waals surface area (Å²) < 4.78 is 0.941. The second kappa shape index (κ2) is 7.37. The monoisotopic (exact) mass is 420 g/mol. The van der Waals surface area contributed by atoms with Crippen molar-refractivity contribution in [2.24, 2.45) is 4.99 Å². The van der Waals surface area contributed by atoms with E-state index in [0.29, 0.717) is 5.84 Å². The second-order valence-electron chi connectivity index (χ2n) is 6.34. The summed E-state index contributed by atoms with van der Waals surface area (Å²) >= 11 is 3.54. The van der Waals surface area contributed by atoms with Gasteiger partial charge in [-0.3, -0.25) is 4.79 Å². The summed E-state index contributed by atoms with van der Waals surface area (Å²) in [5.41, 5.74) is 3.76. The molecule has 5 heteroatoms. The van der Waals surface area contributed by atoms with Crippen LogP contribution in [0.15, 0.2) is 88.3 Å². The highest BCUT2D eigenvalue weighted by atomic mass is 79.9. The maximum absolute atomic E-state index is 11.7. The van der Waals surface area contributed by atoms with Crippen LogP contribution in [-0.4, -0.2) is 28.4 Å². The van der Waals surface area contributed by atoms with Crippen molar-refractivity contribution in [2.75, 3.05) is 6.54 Å². The lowest BCUT2D eigenvalue weighted by Crippen LogP contribution is -2.41. The van der Waals surface area contributed by atoms with Crippen LogP contribution in [0.4, 0.5) is 5.69 Å². The molecule has 0 spiro atoms. The zero-order chi connectivity index (χ0) is 18.8. The smallest absolute Gasteiger partial charge is 0.323 e. The van der Waals surface area contributed by atoms with Gasteiger partial charge < -0.3 is 10.0 Å². The van der Waals surface area contributed by atoms with Gasteiger partial charge in [0.15, 0.2) is 0 Å². The number of benzene rings is 3. The molecule has 1 atom stereocenters. The van der Waals surface area contributed by atoms with Gasteiger partial charge in [-0.25, -0.2) is 4.99 Å². The first-order valence-electron chi connectivity index (χ1n) is 8.60. The van der Waals surface area contributed by atoms with Gasteiger partial charge in [0.05, 0.1) is 11.7 Å². The number of nitrogens with zero attached hydrogens (tertiary/aromatic N) is 2. The highest BCUT2D eigenvalue weighted by Gasteiger charge is 2.33. The number of amidine groups is 1. The van der Waals surface area contributed by atoms with Gasteiger partial charge in [0.1, 0.15) is 12.4 Å². The van der Waals surface area contributed by atoms with E-state index >= 15 is 0 Å². The van der Waals surface area contributed by atoms with Crippen LogP contribution >= 0.6 is 15.9 Å². The van der Waals surface area contributed by atoms with Crippen LogP contribution in [0.5, 0.6) is 0 Å². The number of carbonyl (C=O) groups is 1. The molecule has 0 bridgehead atoms. The molecule has 3 aromatic rings. The van der Waals surface area contributed by atoms with E-state index in [1.165, 1.54) is 0 Å². The Morgan fingerprint density at radius 1 is 1.00 bits per heavy atom. The molecule has 0 saturated heterocycles. The number of carboxylic acid groups (broad SMARTS) is 1. The van der Waals surface area contributed by atoms with Crippen molar-refractivity contribution in [3.8, 4) is 0 Å². The van der Waals surface area contributed by atoms with Gasteiger partial charge in [0.25, 0.3) is 0 Å². The average molecular weight is 421 g/mol. The van der Waals surface area contributed by atoms with E-state index in [0.717, 1.165) is 26.9 Å². The van der Waals surface area contributed by atoms with Crippen LogP contribution in [0.25, 0.3) is 0 Å². The molecule has 4 nitrogen and oxygen atoms in total. The van der Waals surface area contributed by atoms with Crippen LogP contribution in [0, 0.1) is 0 Å². The van der Waals surface area contributed by atoms with E-state index in [9.17, 15) is 9.90 Å². The predicted octanol–water partition coefficient (Wildman–Crippen LogP) is 5.02.